The molecule has 0 bridgehead atoms. The minimum absolute atomic E-state index is 0.357. The van der Waals surface area contributed by atoms with E-state index in [2.05, 4.69) is 37.4 Å². The Kier molecular flexibility index (Phi) is 6.17. The van der Waals surface area contributed by atoms with Crippen molar-refractivity contribution >= 4 is 13.3 Å². The second kappa shape index (κ2) is 8.53. The molecule has 6 heteroatoms. The molecule has 2 fully saturated rings. The van der Waals surface area contributed by atoms with Gasteiger partial charge in [0.25, 0.3) is 0 Å². The lowest BCUT2D eigenvalue weighted by Gasteiger charge is -2.32. The van der Waals surface area contributed by atoms with Gasteiger partial charge in [0.1, 0.15) is 18.3 Å². The topological polar surface area (TPSA) is 57.2 Å². The first-order chi connectivity index (χ1) is 14.3. The van der Waals surface area contributed by atoms with Gasteiger partial charge in [-0.3, -0.25) is 0 Å². The number of hydrogen-bond acceptors (Lipinski definition) is 5. The number of ether oxygens (including phenoxy) is 4. The molecule has 4 rings (SSSR count). The van der Waals surface area contributed by atoms with Gasteiger partial charge in [0.05, 0.1) is 20.8 Å². The summed E-state index contributed by atoms with van der Waals surface area (Å²) in [5.41, 5.74) is 1.08. The number of rotatable bonds is 7. The Labute approximate surface area is 179 Å². The summed E-state index contributed by atoms with van der Waals surface area (Å²) < 4.78 is 24.5. The van der Waals surface area contributed by atoms with Crippen LogP contribution in [-0.2, 0) is 25.6 Å². The van der Waals surface area contributed by atoms with E-state index in [9.17, 15) is 5.11 Å². The van der Waals surface area contributed by atoms with Crippen LogP contribution in [-0.4, -0.2) is 49.7 Å². The normalized spacial score (nSPS) is 29.0. The third-order valence-electron chi connectivity index (χ3n) is 5.97. The highest BCUT2D eigenvalue weighted by atomic mass is 28.3. The van der Waals surface area contributed by atoms with Crippen molar-refractivity contribution in [2.45, 2.75) is 76.1 Å². The standard InChI is InChI=1S/C24H32O5Si/c1-24(2)28-22-21(26-15-17-11-7-5-8-12-17)20(27-23(22)29-24)19(25)16-30(3,4)18-13-9-6-10-14-18/h5-14,19-23,25H,15-16H2,1-4H3/t19-,20+,21+,22-,23-/m0/s1. The van der Waals surface area contributed by atoms with Crippen LogP contribution >= 0.6 is 0 Å². The second-order valence-corrected chi connectivity index (χ2v) is 14.1. The molecular formula is C24H32O5Si. The molecule has 2 aromatic rings. The summed E-state index contributed by atoms with van der Waals surface area (Å²) in [5.74, 6) is -0.725. The van der Waals surface area contributed by atoms with Crippen LogP contribution in [0.2, 0.25) is 19.1 Å². The molecule has 0 radical (unpaired) electrons. The van der Waals surface area contributed by atoms with E-state index in [1.807, 2.05) is 50.2 Å². The van der Waals surface area contributed by atoms with Gasteiger partial charge < -0.3 is 24.1 Å². The highest BCUT2D eigenvalue weighted by Crippen LogP contribution is 2.40. The van der Waals surface area contributed by atoms with Crippen LogP contribution in [0.4, 0.5) is 0 Å². The van der Waals surface area contributed by atoms with Crippen molar-refractivity contribution in [1.29, 1.82) is 0 Å². The first kappa shape index (κ1) is 21.7. The van der Waals surface area contributed by atoms with E-state index in [4.69, 9.17) is 18.9 Å². The van der Waals surface area contributed by atoms with Gasteiger partial charge in [0.2, 0.25) is 0 Å². The van der Waals surface area contributed by atoms with E-state index in [0.29, 0.717) is 12.7 Å². The smallest absolute Gasteiger partial charge is 0.190 e. The Morgan fingerprint density at radius 3 is 2.30 bits per heavy atom. The number of aliphatic hydroxyl groups excluding tert-OH is 1. The van der Waals surface area contributed by atoms with Crippen LogP contribution in [0.3, 0.4) is 0 Å². The van der Waals surface area contributed by atoms with Gasteiger partial charge in [-0.25, -0.2) is 0 Å². The average Bonchev–Trinajstić information content (AvgIpc) is 3.19. The Balaban J connectivity index is 1.50. The molecule has 2 heterocycles. The molecule has 2 aromatic carbocycles. The molecule has 0 unspecified atom stereocenters. The van der Waals surface area contributed by atoms with Crippen LogP contribution in [0.15, 0.2) is 60.7 Å². The first-order valence-corrected chi connectivity index (χ1v) is 13.9. The molecule has 2 saturated heterocycles. The largest absolute Gasteiger partial charge is 0.391 e. The van der Waals surface area contributed by atoms with Crippen molar-refractivity contribution in [3.05, 3.63) is 66.2 Å². The Morgan fingerprint density at radius 1 is 1.00 bits per heavy atom. The molecule has 2 aliphatic heterocycles. The van der Waals surface area contributed by atoms with Crippen molar-refractivity contribution in [1.82, 2.24) is 0 Å². The van der Waals surface area contributed by atoms with E-state index in [0.717, 1.165) is 5.56 Å². The van der Waals surface area contributed by atoms with Crippen LogP contribution in [0, 0.1) is 0 Å². The fourth-order valence-electron chi connectivity index (χ4n) is 4.42. The third-order valence-corrected chi connectivity index (χ3v) is 9.30. The molecule has 5 nitrogen and oxygen atoms in total. The van der Waals surface area contributed by atoms with Gasteiger partial charge >= 0.3 is 0 Å². The van der Waals surface area contributed by atoms with Crippen LogP contribution in [0.5, 0.6) is 0 Å². The monoisotopic (exact) mass is 428 g/mol. The zero-order valence-electron chi connectivity index (χ0n) is 18.2. The Bertz CT molecular complexity index is 826. The van der Waals surface area contributed by atoms with Crippen molar-refractivity contribution in [3.63, 3.8) is 0 Å². The number of fused-ring (bicyclic) bond motifs is 1. The molecule has 2 aliphatic rings. The van der Waals surface area contributed by atoms with Gasteiger partial charge in [-0.1, -0.05) is 78.9 Å². The minimum Gasteiger partial charge on any atom is -0.391 e. The van der Waals surface area contributed by atoms with Gasteiger partial charge in [-0.2, -0.15) is 0 Å². The number of benzene rings is 2. The zero-order chi connectivity index (χ0) is 21.4. The molecule has 0 aliphatic carbocycles. The van der Waals surface area contributed by atoms with E-state index >= 15 is 0 Å². The third kappa shape index (κ3) is 4.69. The average molecular weight is 429 g/mol. The highest BCUT2D eigenvalue weighted by molar-refractivity contribution is 6.89. The minimum atomic E-state index is -1.86. The highest BCUT2D eigenvalue weighted by Gasteiger charge is 2.57. The summed E-state index contributed by atoms with van der Waals surface area (Å²) in [7, 11) is -1.86. The van der Waals surface area contributed by atoms with Crippen molar-refractivity contribution in [2.24, 2.45) is 0 Å². The summed E-state index contributed by atoms with van der Waals surface area (Å²) >= 11 is 0. The van der Waals surface area contributed by atoms with E-state index < -0.39 is 38.5 Å². The maximum Gasteiger partial charge on any atom is 0.190 e. The van der Waals surface area contributed by atoms with E-state index in [1.54, 1.807) is 0 Å². The summed E-state index contributed by atoms with van der Waals surface area (Å²) in [6, 6.07) is 21.1. The molecule has 162 valence electrons. The van der Waals surface area contributed by atoms with Crippen LogP contribution in [0.1, 0.15) is 19.4 Å². The predicted molar refractivity (Wildman–Crippen MR) is 118 cm³/mol. The predicted octanol–water partition coefficient (Wildman–Crippen LogP) is 3.42. The van der Waals surface area contributed by atoms with Crippen LogP contribution in [0.25, 0.3) is 0 Å². The first-order valence-electron chi connectivity index (χ1n) is 10.7. The maximum absolute atomic E-state index is 11.2. The summed E-state index contributed by atoms with van der Waals surface area (Å²) in [5, 5.41) is 12.5. The molecule has 0 saturated carbocycles. The summed E-state index contributed by atoms with van der Waals surface area (Å²) in [6.07, 6.45) is -2.43. The maximum atomic E-state index is 11.2. The van der Waals surface area contributed by atoms with Gasteiger partial charge in [0, 0.05) is 0 Å². The molecule has 0 aromatic heterocycles. The number of hydrogen-bond donors (Lipinski definition) is 1. The van der Waals surface area contributed by atoms with E-state index in [-0.39, 0.29) is 6.10 Å². The van der Waals surface area contributed by atoms with E-state index in [1.165, 1.54) is 5.19 Å². The van der Waals surface area contributed by atoms with Gasteiger partial charge in [-0.05, 0) is 25.5 Å². The van der Waals surface area contributed by atoms with Crippen molar-refractivity contribution in [3.8, 4) is 0 Å². The molecule has 30 heavy (non-hydrogen) atoms. The molecular weight excluding hydrogens is 396 g/mol. The van der Waals surface area contributed by atoms with Crippen LogP contribution < -0.4 is 5.19 Å². The SMILES string of the molecule is CC1(C)O[C@@H]2O[C@H]([C@@H](O)C[Si](C)(C)c3ccccc3)[C@@H](OCc3ccccc3)[C@@H]2O1. The van der Waals surface area contributed by atoms with Gasteiger partial charge in [-0.15, -0.1) is 0 Å². The molecule has 5 atom stereocenters. The fourth-order valence-corrected chi connectivity index (χ4v) is 7.02. The second-order valence-electron chi connectivity index (χ2n) is 9.35. The summed E-state index contributed by atoms with van der Waals surface area (Å²) in [6.45, 7) is 8.73. The summed E-state index contributed by atoms with van der Waals surface area (Å²) in [4.78, 5) is 0. The van der Waals surface area contributed by atoms with Crippen molar-refractivity contribution < 1.29 is 24.1 Å². The lowest BCUT2D eigenvalue weighted by molar-refractivity contribution is -0.229. The fraction of sp³-hybridized carbons (Fsp3) is 0.500. The molecule has 0 spiro atoms. The van der Waals surface area contributed by atoms with Crippen molar-refractivity contribution in [2.75, 3.05) is 0 Å². The number of aliphatic hydroxyl groups is 1. The lowest BCUT2D eigenvalue weighted by Crippen LogP contribution is -2.49. The quantitative estimate of drug-likeness (QED) is 0.685. The molecule has 1 N–H and O–H groups in total. The Morgan fingerprint density at radius 2 is 1.63 bits per heavy atom. The zero-order valence-corrected chi connectivity index (χ0v) is 19.2. The Hall–Kier alpha value is -1.54. The lowest BCUT2D eigenvalue weighted by atomic mass is 10.1. The molecule has 0 amide bonds. The van der Waals surface area contributed by atoms with Gasteiger partial charge in [0.15, 0.2) is 12.1 Å².